The highest BCUT2D eigenvalue weighted by atomic mass is 32.2. The van der Waals surface area contributed by atoms with Crippen molar-refractivity contribution in [2.24, 2.45) is 0 Å². The Balaban J connectivity index is 1.35. The summed E-state index contributed by atoms with van der Waals surface area (Å²) < 4.78 is 33.2. The zero-order valence-corrected chi connectivity index (χ0v) is 17.1. The molecule has 4 rings (SSSR count). The van der Waals surface area contributed by atoms with Crippen LogP contribution in [0.15, 0.2) is 70.3 Å². The van der Waals surface area contributed by atoms with Crippen molar-refractivity contribution in [3.63, 3.8) is 0 Å². The van der Waals surface area contributed by atoms with Crippen LogP contribution in [0.25, 0.3) is 21.7 Å². The van der Waals surface area contributed by atoms with Gasteiger partial charge in [-0.1, -0.05) is 23.4 Å². The number of para-hydroxylation sites is 1. The lowest BCUT2D eigenvalue weighted by Crippen LogP contribution is -2.40. The van der Waals surface area contributed by atoms with Gasteiger partial charge in [0.05, 0.1) is 4.90 Å². The number of aliphatic hydroxyl groups excluding tert-OH is 1. The Morgan fingerprint density at radius 2 is 1.93 bits per heavy atom. The van der Waals surface area contributed by atoms with E-state index in [1.54, 1.807) is 49.6 Å². The topological polar surface area (TPSA) is 117 Å². The number of hydrogen-bond donors (Lipinski definition) is 3. The van der Waals surface area contributed by atoms with Gasteiger partial charge in [-0.2, -0.15) is 0 Å². The number of rotatable bonds is 8. The van der Waals surface area contributed by atoms with Crippen LogP contribution in [0.1, 0.15) is 18.7 Å². The van der Waals surface area contributed by atoms with Crippen LogP contribution >= 0.6 is 0 Å². The van der Waals surface area contributed by atoms with Crippen LogP contribution in [-0.4, -0.2) is 42.8 Å². The Morgan fingerprint density at radius 1 is 1.10 bits per heavy atom. The number of aromatic nitrogens is 2. The normalized spacial score (nSPS) is 14.2. The van der Waals surface area contributed by atoms with Crippen LogP contribution in [-0.2, 0) is 10.0 Å². The molecular formula is C21H22N4O4S. The van der Waals surface area contributed by atoms with E-state index < -0.39 is 16.1 Å². The maximum atomic E-state index is 12.7. The van der Waals surface area contributed by atoms with E-state index in [1.165, 1.54) is 0 Å². The molecule has 30 heavy (non-hydrogen) atoms. The summed E-state index contributed by atoms with van der Waals surface area (Å²) in [6.45, 7) is 2.31. The van der Waals surface area contributed by atoms with Gasteiger partial charge >= 0.3 is 0 Å². The van der Waals surface area contributed by atoms with Crippen molar-refractivity contribution >= 4 is 31.8 Å². The van der Waals surface area contributed by atoms with Crippen molar-refractivity contribution in [2.45, 2.75) is 24.0 Å². The Morgan fingerprint density at radius 3 is 2.80 bits per heavy atom. The largest absolute Gasteiger partial charge is 0.385 e. The smallest absolute Gasteiger partial charge is 0.240 e. The molecule has 9 heteroatoms. The van der Waals surface area contributed by atoms with Gasteiger partial charge in [0.2, 0.25) is 10.0 Å². The molecule has 2 aromatic heterocycles. The van der Waals surface area contributed by atoms with Gasteiger partial charge in [-0.3, -0.25) is 4.98 Å². The average Bonchev–Trinajstić information content (AvgIpc) is 3.17. The van der Waals surface area contributed by atoms with Crippen LogP contribution in [0, 0.1) is 0 Å². The molecule has 8 nitrogen and oxygen atoms in total. The highest BCUT2D eigenvalue weighted by Crippen LogP contribution is 2.23. The van der Waals surface area contributed by atoms with E-state index in [9.17, 15) is 13.5 Å². The number of nitrogens with zero attached hydrogens (tertiary/aromatic N) is 2. The Hall–Kier alpha value is -2.85. The number of fused-ring (bicyclic) bond motifs is 2. The number of sulfonamides is 1. The van der Waals surface area contributed by atoms with E-state index in [1.807, 2.05) is 18.2 Å². The molecule has 156 valence electrons. The first-order chi connectivity index (χ1) is 14.4. The molecule has 3 N–H and O–H groups in total. The number of hydrogen-bond acceptors (Lipinski definition) is 7. The highest BCUT2D eigenvalue weighted by Gasteiger charge is 2.19. The predicted octanol–water partition coefficient (Wildman–Crippen LogP) is 2.37. The summed E-state index contributed by atoms with van der Waals surface area (Å²) >= 11 is 0. The van der Waals surface area contributed by atoms with Gasteiger partial charge in [0.15, 0.2) is 5.58 Å². The molecule has 0 aliphatic rings. The van der Waals surface area contributed by atoms with Gasteiger partial charge < -0.3 is 14.9 Å². The Bertz CT molecular complexity index is 1270. The highest BCUT2D eigenvalue weighted by molar-refractivity contribution is 7.89. The molecule has 2 aromatic carbocycles. The average molecular weight is 426 g/mol. The standard InChI is InChI=1S/C21H22N4O4S/c1-14(11-23-13-19(26)21-18-4-2-3-5-20(18)29-24-21)25-30(27,28)17-7-6-16-12-22-9-8-15(16)10-17/h2-10,12,14,19,23,25-26H,11,13H2,1H3/t14-,19?/m1/s1. The lowest BCUT2D eigenvalue weighted by Gasteiger charge is -2.16. The van der Waals surface area contributed by atoms with Crippen LogP contribution < -0.4 is 10.0 Å². The Labute approximate surface area is 174 Å². The fraction of sp³-hybridized carbons (Fsp3) is 0.238. The van der Waals surface area contributed by atoms with Crippen molar-refractivity contribution in [1.29, 1.82) is 0 Å². The molecule has 0 fully saturated rings. The number of pyridine rings is 1. The zero-order chi connectivity index (χ0) is 21.1. The number of benzene rings is 2. The van der Waals surface area contributed by atoms with Crippen molar-refractivity contribution < 1.29 is 18.0 Å². The van der Waals surface area contributed by atoms with E-state index in [2.05, 4.69) is 20.2 Å². The zero-order valence-electron chi connectivity index (χ0n) is 16.3. The lowest BCUT2D eigenvalue weighted by molar-refractivity contribution is 0.165. The predicted molar refractivity (Wildman–Crippen MR) is 113 cm³/mol. The fourth-order valence-corrected chi connectivity index (χ4v) is 4.56. The lowest BCUT2D eigenvalue weighted by atomic mass is 10.1. The van der Waals surface area contributed by atoms with Gasteiger partial charge in [0, 0.05) is 42.3 Å². The number of nitrogens with one attached hydrogen (secondary N) is 2. The summed E-state index contributed by atoms with van der Waals surface area (Å²) in [6, 6.07) is 13.6. The molecule has 4 aromatic rings. The minimum atomic E-state index is -3.67. The maximum absolute atomic E-state index is 12.7. The summed E-state index contributed by atoms with van der Waals surface area (Å²) in [6.07, 6.45) is 2.45. The second kappa shape index (κ2) is 8.49. The van der Waals surface area contributed by atoms with Crippen LogP contribution in [0.2, 0.25) is 0 Å². The van der Waals surface area contributed by atoms with E-state index in [4.69, 9.17) is 4.52 Å². The quantitative estimate of drug-likeness (QED) is 0.396. The summed E-state index contributed by atoms with van der Waals surface area (Å²) in [5.74, 6) is 0. The third-order valence-corrected chi connectivity index (χ3v) is 6.38. The summed E-state index contributed by atoms with van der Waals surface area (Å²) in [4.78, 5) is 4.23. The van der Waals surface area contributed by atoms with Crippen molar-refractivity contribution in [1.82, 2.24) is 20.2 Å². The van der Waals surface area contributed by atoms with Crippen molar-refractivity contribution in [2.75, 3.05) is 13.1 Å². The molecule has 0 spiro atoms. The van der Waals surface area contributed by atoms with Crippen molar-refractivity contribution in [3.8, 4) is 0 Å². The molecule has 0 aliphatic heterocycles. The van der Waals surface area contributed by atoms with Gasteiger partial charge in [-0.25, -0.2) is 13.1 Å². The van der Waals surface area contributed by atoms with E-state index in [-0.39, 0.29) is 17.5 Å². The first-order valence-corrected chi connectivity index (χ1v) is 11.0. The van der Waals surface area contributed by atoms with Crippen LogP contribution in [0.4, 0.5) is 0 Å². The molecule has 0 radical (unpaired) electrons. The summed E-state index contributed by atoms with van der Waals surface area (Å²) in [5.41, 5.74) is 1.07. The second-order valence-corrected chi connectivity index (χ2v) is 8.86. The minimum absolute atomic E-state index is 0.196. The fourth-order valence-electron chi connectivity index (χ4n) is 3.28. The monoisotopic (exact) mass is 426 g/mol. The molecule has 0 amide bonds. The molecule has 0 aliphatic carbocycles. The Kier molecular flexibility index (Phi) is 5.78. The van der Waals surface area contributed by atoms with E-state index in [0.717, 1.165) is 16.2 Å². The SMILES string of the molecule is C[C@H](CNCC(O)c1noc2ccccc12)NS(=O)(=O)c1ccc2cnccc2c1. The van der Waals surface area contributed by atoms with E-state index >= 15 is 0 Å². The van der Waals surface area contributed by atoms with Gasteiger partial charge in [-0.15, -0.1) is 0 Å². The van der Waals surface area contributed by atoms with E-state index in [0.29, 0.717) is 17.8 Å². The molecule has 1 unspecified atom stereocenters. The maximum Gasteiger partial charge on any atom is 0.240 e. The van der Waals surface area contributed by atoms with Gasteiger partial charge in [0.25, 0.3) is 0 Å². The molecule has 2 heterocycles. The molecule has 0 bridgehead atoms. The third kappa shape index (κ3) is 4.34. The van der Waals surface area contributed by atoms with Crippen LogP contribution in [0.3, 0.4) is 0 Å². The second-order valence-electron chi connectivity index (χ2n) is 7.14. The van der Waals surface area contributed by atoms with Crippen molar-refractivity contribution in [3.05, 3.63) is 66.6 Å². The molecule has 0 saturated carbocycles. The minimum Gasteiger partial charge on any atom is -0.385 e. The number of aliphatic hydroxyl groups is 1. The molecule has 2 atom stereocenters. The molecule has 0 saturated heterocycles. The summed E-state index contributed by atoms with van der Waals surface area (Å²) in [7, 11) is -3.67. The molecular weight excluding hydrogens is 404 g/mol. The summed E-state index contributed by atoms with van der Waals surface area (Å²) in [5, 5.41) is 19.9. The van der Waals surface area contributed by atoms with Crippen LogP contribution in [0.5, 0.6) is 0 Å². The van der Waals surface area contributed by atoms with Gasteiger partial charge in [-0.05, 0) is 42.6 Å². The third-order valence-electron chi connectivity index (χ3n) is 4.79. The first kappa shape index (κ1) is 20.4. The van der Waals surface area contributed by atoms with Gasteiger partial charge in [0.1, 0.15) is 11.8 Å². The first-order valence-electron chi connectivity index (χ1n) is 9.53.